The molecule has 3 aromatic carbocycles. The number of amides is 1. The molecular formula is C28H21ClN2O4. The lowest BCUT2D eigenvalue weighted by Gasteiger charge is -2.26. The van der Waals surface area contributed by atoms with Crippen molar-refractivity contribution < 1.29 is 19.4 Å². The Kier molecular flexibility index (Phi) is 5.75. The SMILES string of the molecule is COc1c(Cl)cc(C)cc1/C(O)=C1\C(=O)C(=O)N(c2cccc3ccccc23)C1c1ccncc1. The second-order valence-corrected chi connectivity index (χ2v) is 8.68. The van der Waals surface area contributed by atoms with E-state index in [4.69, 9.17) is 16.3 Å². The van der Waals surface area contributed by atoms with Crippen LogP contribution in [-0.2, 0) is 9.59 Å². The van der Waals surface area contributed by atoms with Crippen LogP contribution in [0.3, 0.4) is 0 Å². The number of carbonyl (C=O) groups is 2. The van der Waals surface area contributed by atoms with E-state index >= 15 is 0 Å². The predicted octanol–water partition coefficient (Wildman–Crippen LogP) is 5.83. The molecule has 5 rings (SSSR count). The zero-order chi connectivity index (χ0) is 24.7. The van der Waals surface area contributed by atoms with Crippen LogP contribution < -0.4 is 9.64 Å². The van der Waals surface area contributed by atoms with Gasteiger partial charge in [0.1, 0.15) is 11.5 Å². The number of halogens is 1. The Morgan fingerprint density at radius 1 is 1.03 bits per heavy atom. The van der Waals surface area contributed by atoms with Gasteiger partial charge in [-0.1, -0.05) is 48.0 Å². The minimum absolute atomic E-state index is 0.0471. The van der Waals surface area contributed by atoms with E-state index in [1.807, 2.05) is 43.3 Å². The second-order valence-electron chi connectivity index (χ2n) is 8.28. The summed E-state index contributed by atoms with van der Waals surface area (Å²) >= 11 is 6.36. The molecule has 1 aliphatic heterocycles. The number of fused-ring (bicyclic) bond motifs is 1. The molecule has 1 amide bonds. The largest absolute Gasteiger partial charge is 0.507 e. The molecule has 35 heavy (non-hydrogen) atoms. The molecule has 0 saturated carbocycles. The molecule has 0 aliphatic carbocycles. The topological polar surface area (TPSA) is 79.7 Å². The molecule has 1 fully saturated rings. The normalized spacial score (nSPS) is 17.2. The number of nitrogens with zero attached hydrogens (tertiary/aromatic N) is 2. The van der Waals surface area contributed by atoms with Crippen molar-refractivity contribution in [2.75, 3.05) is 12.0 Å². The number of hydrogen-bond acceptors (Lipinski definition) is 5. The van der Waals surface area contributed by atoms with Crippen molar-refractivity contribution in [2.24, 2.45) is 0 Å². The number of methoxy groups -OCH3 is 1. The number of carbonyl (C=O) groups excluding carboxylic acids is 2. The molecule has 0 bridgehead atoms. The first-order valence-corrected chi connectivity index (χ1v) is 11.3. The lowest BCUT2D eigenvalue weighted by Crippen LogP contribution is -2.29. The molecule has 7 heteroatoms. The number of anilines is 1. The van der Waals surface area contributed by atoms with Crippen LogP contribution in [0.4, 0.5) is 5.69 Å². The van der Waals surface area contributed by atoms with Gasteiger partial charge >= 0.3 is 0 Å². The Morgan fingerprint density at radius 3 is 2.49 bits per heavy atom. The number of hydrogen-bond donors (Lipinski definition) is 1. The number of ketones is 1. The van der Waals surface area contributed by atoms with Crippen molar-refractivity contribution in [1.82, 2.24) is 4.98 Å². The van der Waals surface area contributed by atoms with E-state index in [-0.39, 0.29) is 27.7 Å². The van der Waals surface area contributed by atoms with Crippen molar-refractivity contribution in [3.05, 3.63) is 106 Å². The van der Waals surface area contributed by atoms with Crippen LogP contribution in [0.5, 0.6) is 5.75 Å². The molecule has 4 aromatic rings. The van der Waals surface area contributed by atoms with Gasteiger partial charge in [0, 0.05) is 17.8 Å². The highest BCUT2D eigenvalue weighted by Crippen LogP contribution is 2.45. The van der Waals surface area contributed by atoms with E-state index in [1.54, 1.807) is 42.7 Å². The zero-order valence-electron chi connectivity index (χ0n) is 19.0. The molecule has 1 unspecified atom stereocenters. The van der Waals surface area contributed by atoms with Crippen molar-refractivity contribution in [1.29, 1.82) is 0 Å². The van der Waals surface area contributed by atoms with Crippen LogP contribution in [0.2, 0.25) is 5.02 Å². The summed E-state index contributed by atoms with van der Waals surface area (Å²) in [4.78, 5) is 32.5. The van der Waals surface area contributed by atoms with Crippen LogP contribution in [0.1, 0.15) is 22.7 Å². The average molecular weight is 485 g/mol. The molecule has 1 aliphatic rings. The fourth-order valence-corrected chi connectivity index (χ4v) is 4.97. The molecular weight excluding hydrogens is 464 g/mol. The summed E-state index contributed by atoms with van der Waals surface area (Å²) in [6.07, 6.45) is 3.17. The number of rotatable bonds is 4. The number of aliphatic hydroxyl groups excluding tert-OH is 1. The molecule has 6 nitrogen and oxygen atoms in total. The van der Waals surface area contributed by atoms with Gasteiger partial charge in [0.2, 0.25) is 0 Å². The number of aliphatic hydroxyl groups is 1. The predicted molar refractivity (Wildman–Crippen MR) is 136 cm³/mol. The monoisotopic (exact) mass is 484 g/mol. The molecule has 2 heterocycles. The van der Waals surface area contributed by atoms with E-state index in [0.29, 0.717) is 11.3 Å². The third kappa shape index (κ3) is 3.72. The van der Waals surface area contributed by atoms with Crippen LogP contribution >= 0.6 is 11.6 Å². The minimum Gasteiger partial charge on any atom is -0.507 e. The summed E-state index contributed by atoms with van der Waals surface area (Å²) in [5.41, 5.74) is 2.16. The first-order chi connectivity index (χ1) is 16.9. The fourth-order valence-electron chi connectivity index (χ4n) is 4.62. The second kappa shape index (κ2) is 8.89. The maximum atomic E-state index is 13.5. The lowest BCUT2D eigenvalue weighted by atomic mass is 9.94. The standard InChI is InChI=1S/C28H21ClN2O4/c1-16-14-20(27(35-2)21(29)15-16)25(32)23-24(18-10-12-30-13-11-18)31(28(34)26(23)33)22-9-5-7-17-6-3-4-8-19(17)22/h3-15,24,32H,1-2H3/b25-23+. The third-order valence-corrected chi connectivity index (χ3v) is 6.42. The van der Waals surface area contributed by atoms with Gasteiger partial charge in [-0.2, -0.15) is 0 Å². The van der Waals surface area contributed by atoms with Crippen LogP contribution in [0.15, 0.2) is 84.7 Å². The van der Waals surface area contributed by atoms with Gasteiger partial charge in [0.25, 0.3) is 11.7 Å². The number of Topliss-reactive ketones (excluding diaryl/α,β-unsaturated/α-hetero) is 1. The highest BCUT2D eigenvalue weighted by atomic mass is 35.5. The maximum absolute atomic E-state index is 13.5. The van der Waals surface area contributed by atoms with Gasteiger partial charge in [-0.25, -0.2) is 0 Å². The van der Waals surface area contributed by atoms with Gasteiger partial charge in [0.15, 0.2) is 0 Å². The highest BCUT2D eigenvalue weighted by Gasteiger charge is 2.47. The molecule has 1 N–H and O–H groups in total. The zero-order valence-corrected chi connectivity index (χ0v) is 19.8. The van der Waals surface area contributed by atoms with Crippen LogP contribution in [-0.4, -0.2) is 28.9 Å². The molecule has 1 atom stereocenters. The Balaban J connectivity index is 1.81. The molecule has 1 saturated heterocycles. The van der Waals surface area contributed by atoms with E-state index < -0.39 is 17.7 Å². The summed E-state index contributed by atoms with van der Waals surface area (Å²) < 4.78 is 5.44. The molecule has 0 radical (unpaired) electrons. The number of ether oxygens (including phenoxy) is 1. The maximum Gasteiger partial charge on any atom is 0.300 e. The Morgan fingerprint density at radius 2 is 1.74 bits per heavy atom. The quantitative estimate of drug-likeness (QED) is 0.224. The van der Waals surface area contributed by atoms with E-state index in [0.717, 1.165) is 16.3 Å². The average Bonchev–Trinajstić information content (AvgIpc) is 3.13. The van der Waals surface area contributed by atoms with E-state index in [1.165, 1.54) is 12.0 Å². The number of aryl methyl sites for hydroxylation is 1. The number of aromatic nitrogens is 1. The number of pyridine rings is 1. The van der Waals surface area contributed by atoms with Crippen molar-refractivity contribution in [3.63, 3.8) is 0 Å². The van der Waals surface area contributed by atoms with Crippen molar-refractivity contribution in [2.45, 2.75) is 13.0 Å². The Bertz CT molecular complexity index is 1510. The summed E-state index contributed by atoms with van der Waals surface area (Å²) in [6.45, 7) is 1.82. The summed E-state index contributed by atoms with van der Waals surface area (Å²) in [7, 11) is 1.43. The Labute approximate surface area is 207 Å². The van der Waals surface area contributed by atoms with Crippen LogP contribution in [0.25, 0.3) is 16.5 Å². The Hall–Kier alpha value is -4.16. The highest BCUT2D eigenvalue weighted by molar-refractivity contribution is 6.52. The third-order valence-electron chi connectivity index (χ3n) is 6.14. The van der Waals surface area contributed by atoms with Gasteiger partial charge < -0.3 is 9.84 Å². The molecule has 0 spiro atoms. The first kappa shape index (κ1) is 22.6. The van der Waals surface area contributed by atoms with E-state index in [2.05, 4.69) is 4.98 Å². The fraction of sp³-hybridized carbons (Fsp3) is 0.107. The summed E-state index contributed by atoms with van der Waals surface area (Å²) in [5, 5.41) is 13.5. The first-order valence-electron chi connectivity index (χ1n) is 11.0. The van der Waals surface area contributed by atoms with Crippen LogP contribution in [0, 0.1) is 6.92 Å². The smallest absolute Gasteiger partial charge is 0.300 e. The van der Waals surface area contributed by atoms with Crippen molar-refractivity contribution in [3.8, 4) is 5.75 Å². The summed E-state index contributed by atoms with van der Waals surface area (Å²) in [5.74, 6) is -1.66. The van der Waals surface area contributed by atoms with Crippen molar-refractivity contribution >= 4 is 45.5 Å². The van der Waals surface area contributed by atoms with E-state index in [9.17, 15) is 14.7 Å². The van der Waals surface area contributed by atoms with Gasteiger partial charge in [-0.3, -0.25) is 19.5 Å². The summed E-state index contributed by atoms with van der Waals surface area (Å²) in [6, 6.07) is 19.1. The number of benzene rings is 3. The molecule has 1 aromatic heterocycles. The van der Waals surface area contributed by atoms with Gasteiger partial charge in [0.05, 0.1) is 35.0 Å². The van der Waals surface area contributed by atoms with Gasteiger partial charge in [-0.05, 0) is 53.8 Å². The lowest BCUT2D eigenvalue weighted by molar-refractivity contribution is -0.132. The molecule has 174 valence electrons. The van der Waals surface area contributed by atoms with Gasteiger partial charge in [-0.15, -0.1) is 0 Å². The minimum atomic E-state index is -0.882.